The van der Waals surface area contributed by atoms with Gasteiger partial charge in [-0.3, -0.25) is 0 Å². The number of piperidine rings is 2. The molecule has 0 aliphatic carbocycles. The number of aryl methyl sites for hydroxylation is 2. The third-order valence-electron chi connectivity index (χ3n) is 14.9. The average molecular weight is 1260 g/mol. The Bertz CT molecular complexity index is 3740. The molecule has 2 aliphatic heterocycles. The van der Waals surface area contributed by atoms with E-state index in [4.69, 9.17) is 51.2 Å². The molecule has 2 atom stereocenters. The average Bonchev–Trinajstić information content (AvgIpc) is 1.18. The van der Waals surface area contributed by atoms with E-state index in [1.807, 2.05) is 113 Å². The van der Waals surface area contributed by atoms with E-state index in [2.05, 4.69) is 74.9 Å². The van der Waals surface area contributed by atoms with Crippen molar-refractivity contribution in [2.75, 3.05) is 54.4 Å². The molecule has 2 amide bonds. The summed E-state index contributed by atoms with van der Waals surface area (Å²) in [6, 6.07) is 33.0. The molecule has 23 heteroatoms. The Morgan fingerprint density at radius 1 is 0.549 bits per heavy atom. The number of alkyl carbamates (subject to hydrolysis) is 2. The maximum absolute atomic E-state index is 13.1. The third kappa shape index (κ3) is 20.2. The van der Waals surface area contributed by atoms with Crippen molar-refractivity contribution in [3.8, 4) is 0 Å². The van der Waals surface area contributed by atoms with Gasteiger partial charge in [0.2, 0.25) is 0 Å². The van der Waals surface area contributed by atoms with Crippen LogP contribution in [0, 0.1) is 27.7 Å². The normalized spacial score (nSPS) is 14.4. The zero-order valence-electron chi connectivity index (χ0n) is 53.5. The van der Waals surface area contributed by atoms with E-state index in [0.717, 1.165) is 125 Å². The minimum absolute atomic E-state index is 0.0514. The summed E-state index contributed by atoms with van der Waals surface area (Å²) in [4.78, 5) is 90.5. The number of fused-ring (bicyclic) bond motifs is 2. The minimum Gasteiger partial charge on any atom is -0.458 e. The number of nitrogens with zero attached hydrogens (tertiary/aromatic N) is 10. The van der Waals surface area contributed by atoms with Crippen molar-refractivity contribution >= 4 is 75.2 Å². The van der Waals surface area contributed by atoms with Crippen LogP contribution in [0.3, 0.4) is 0 Å². The van der Waals surface area contributed by atoms with Crippen LogP contribution in [0.5, 0.6) is 0 Å². The van der Waals surface area contributed by atoms with Crippen molar-refractivity contribution in [2.45, 2.75) is 143 Å². The number of hydrogen-bond acceptors (Lipinski definition) is 20. The van der Waals surface area contributed by atoms with Crippen LogP contribution in [0.15, 0.2) is 122 Å². The SMILES string of the molecule is CC(C)(C)OC(=O)[C@H](CN)NC(=O)OCc1ccccc1.Cc1nc(Cl)c(C)c(N2CCC(c3ccc4cccnc4n3)CC2)n1.Cc1nc(NC[C@H](NC(=O)OCc2ccccc2)C(=O)OC(C)(C)C)c(C)c(N2CCC(c3ccc4cccnc4n3)CC2)n1. The van der Waals surface area contributed by atoms with Crippen molar-refractivity contribution < 1.29 is 38.1 Å². The molecule has 6 aromatic heterocycles. The Hall–Kier alpha value is -9.15. The smallest absolute Gasteiger partial charge is 0.408 e. The number of rotatable bonds is 16. The fourth-order valence-corrected chi connectivity index (χ4v) is 10.5. The molecule has 0 bridgehead atoms. The van der Waals surface area contributed by atoms with E-state index in [1.165, 1.54) is 0 Å². The lowest BCUT2D eigenvalue weighted by atomic mass is 9.92. The summed E-state index contributed by atoms with van der Waals surface area (Å²) in [5.41, 5.74) is 11.4. The largest absolute Gasteiger partial charge is 0.458 e. The first-order valence-electron chi connectivity index (χ1n) is 30.6. The van der Waals surface area contributed by atoms with Crippen LogP contribution in [0.1, 0.15) is 124 Å². The van der Waals surface area contributed by atoms with Gasteiger partial charge in [0.05, 0.1) is 0 Å². The van der Waals surface area contributed by atoms with Crippen molar-refractivity contribution in [1.82, 2.24) is 50.5 Å². The van der Waals surface area contributed by atoms with E-state index in [0.29, 0.717) is 28.6 Å². The summed E-state index contributed by atoms with van der Waals surface area (Å²) >= 11 is 6.22. The van der Waals surface area contributed by atoms with Gasteiger partial charge in [0.15, 0.2) is 11.3 Å². The van der Waals surface area contributed by atoms with Crippen LogP contribution in [-0.2, 0) is 41.8 Å². The number of hydrogen-bond donors (Lipinski definition) is 4. The third-order valence-corrected chi connectivity index (χ3v) is 15.3. The first kappa shape index (κ1) is 67.8. The zero-order valence-corrected chi connectivity index (χ0v) is 54.3. The maximum atomic E-state index is 13.1. The number of halogens is 1. The van der Waals surface area contributed by atoms with Gasteiger partial charge in [-0.1, -0.05) is 72.3 Å². The Morgan fingerprint density at radius 2 is 0.978 bits per heavy atom. The number of anilines is 3. The first-order valence-corrected chi connectivity index (χ1v) is 31.0. The number of esters is 2. The molecule has 8 aromatic rings. The van der Waals surface area contributed by atoms with Gasteiger partial charge in [0, 0.05) is 96.8 Å². The predicted octanol–water partition coefficient (Wildman–Crippen LogP) is 11.1. The zero-order chi connectivity index (χ0) is 65.2. The summed E-state index contributed by atoms with van der Waals surface area (Å²) < 4.78 is 21.2. The van der Waals surface area contributed by atoms with Crippen molar-refractivity contribution in [2.24, 2.45) is 5.73 Å². The number of carbonyl (C=O) groups excluding carboxylic acids is 4. The van der Waals surface area contributed by atoms with Gasteiger partial charge in [0.1, 0.15) is 70.8 Å². The molecular formula is C68H83ClN14O8. The number of aromatic nitrogens is 8. The lowest BCUT2D eigenvalue weighted by Crippen LogP contribution is -2.48. The molecule has 2 saturated heterocycles. The van der Waals surface area contributed by atoms with Crippen LogP contribution in [-0.4, -0.2) is 127 Å². The molecule has 91 heavy (non-hydrogen) atoms. The highest BCUT2D eigenvalue weighted by Crippen LogP contribution is 2.34. The summed E-state index contributed by atoms with van der Waals surface area (Å²) in [6.07, 6.45) is 6.12. The van der Waals surface area contributed by atoms with Gasteiger partial charge in [0.25, 0.3) is 0 Å². The van der Waals surface area contributed by atoms with E-state index in [9.17, 15) is 19.2 Å². The highest BCUT2D eigenvalue weighted by Gasteiger charge is 2.31. The lowest BCUT2D eigenvalue weighted by Gasteiger charge is -2.34. The Morgan fingerprint density at radius 3 is 1.43 bits per heavy atom. The molecule has 2 aliphatic rings. The number of pyridine rings is 4. The molecule has 22 nitrogen and oxygen atoms in total. The minimum atomic E-state index is -1.01. The molecular weight excluding hydrogens is 1180 g/mol. The topological polar surface area (TPSA) is 277 Å². The first-order chi connectivity index (χ1) is 43.5. The van der Waals surface area contributed by atoms with E-state index in [-0.39, 0.29) is 26.3 Å². The number of carbonyl (C=O) groups is 4. The maximum Gasteiger partial charge on any atom is 0.408 e. The van der Waals surface area contributed by atoms with E-state index >= 15 is 0 Å². The van der Waals surface area contributed by atoms with Crippen molar-refractivity contribution in [1.29, 1.82) is 0 Å². The highest BCUT2D eigenvalue weighted by atomic mass is 35.5. The fourth-order valence-electron chi connectivity index (χ4n) is 10.3. The summed E-state index contributed by atoms with van der Waals surface area (Å²) in [5, 5.41) is 11.0. The molecule has 2 aromatic carbocycles. The standard InChI is InChI=1S/C34H41N7O4.C19H20ClN5.C15H22N2O4/c1-22-29(36-20-28(32(42)45-34(3,4)5)40-33(43)44-21-24-10-7-6-8-11-24)37-23(2)38-31(22)41-18-15-25(16-19-41)27-14-13-26-12-9-17-35-30(26)39-27;1-12-17(20)22-13(2)23-19(12)25-10-7-14(8-11-25)16-6-5-15-4-3-9-21-18(15)24-16;1-15(2,3)21-13(18)12(9-16)17-14(19)20-10-11-7-5-4-6-8-11/h6-14,17,25,28H,15-16,18-21H2,1-5H3,(H,40,43)(H,36,37,38);3-6,9,14H,7-8,10-11H2,1-2H3;4-8,12H,9-10,16H2,1-3H3,(H,17,19)/t28-;;12-/m0.0/s1. The van der Waals surface area contributed by atoms with Crippen LogP contribution in [0.2, 0.25) is 5.15 Å². The lowest BCUT2D eigenvalue weighted by molar-refractivity contribution is -0.158. The van der Waals surface area contributed by atoms with Crippen LogP contribution in [0.4, 0.5) is 27.0 Å². The monoisotopic (exact) mass is 1260 g/mol. The second-order valence-corrected chi connectivity index (χ2v) is 24.7. The quantitative estimate of drug-likeness (QED) is 0.0397. The molecule has 0 spiro atoms. The highest BCUT2D eigenvalue weighted by molar-refractivity contribution is 6.30. The van der Waals surface area contributed by atoms with Crippen molar-refractivity contribution in [3.05, 3.63) is 172 Å². The summed E-state index contributed by atoms with van der Waals surface area (Å²) in [6.45, 7) is 22.0. The number of nitrogens with one attached hydrogen (secondary N) is 3. The molecule has 0 saturated carbocycles. The molecule has 480 valence electrons. The summed E-state index contributed by atoms with van der Waals surface area (Å²) in [7, 11) is 0. The molecule has 10 rings (SSSR count). The van der Waals surface area contributed by atoms with Crippen LogP contribution >= 0.6 is 11.6 Å². The van der Waals surface area contributed by atoms with Crippen LogP contribution < -0.4 is 31.5 Å². The predicted molar refractivity (Wildman–Crippen MR) is 352 cm³/mol. The van der Waals surface area contributed by atoms with Gasteiger partial charge in [-0.15, -0.1) is 0 Å². The Balaban J connectivity index is 0.000000195. The molecule has 5 N–H and O–H groups in total. The van der Waals surface area contributed by atoms with Crippen molar-refractivity contribution in [3.63, 3.8) is 0 Å². The van der Waals surface area contributed by atoms with Gasteiger partial charge < -0.3 is 50.4 Å². The molecule has 0 radical (unpaired) electrons. The van der Waals surface area contributed by atoms with E-state index in [1.54, 1.807) is 53.9 Å². The number of nitrogens with two attached hydrogens (primary N) is 1. The second kappa shape index (κ2) is 31.5. The van der Waals surface area contributed by atoms with E-state index < -0.39 is 47.4 Å². The fraction of sp³-hybridized carbons (Fsp3) is 0.412. The molecule has 8 heterocycles. The van der Waals surface area contributed by atoms with Gasteiger partial charge in [-0.25, -0.2) is 59.0 Å². The number of amides is 2. The summed E-state index contributed by atoms with van der Waals surface area (Å²) in [5.74, 6) is 3.37. The second-order valence-electron chi connectivity index (χ2n) is 24.4. The van der Waals surface area contributed by atoms with Crippen LogP contribution in [0.25, 0.3) is 22.1 Å². The molecule has 0 unspecified atom stereocenters. The Kier molecular flexibility index (Phi) is 23.5. The van der Waals surface area contributed by atoms with Gasteiger partial charge in [-0.2, -0.15) is 0 Å². The molecule has 2 fully saturated rings. The number of ether oxygens (including phenoxy) is 4. The Labute approximate surface area is 536 Å². The number of benzene rings is 2. The van der Waals surface area contributed by atoms with Gasteiger partial charge >= 0.3 is 24.1 Å². The van der Waals surface area contributed by atoms with Gasteiger partial charge in [-0.05, 0) is 155 Å².